The molecule has 86 valence electrons. The third-order valence-corrected chi connectivity index (χ3v) is 3.00. The summed E-state index contributed by atoms with van der Waals surface area (Å²) in [6, 6.07) is -0.652. The van der Waals surface area contributed by atoms with Crippen LogP contribution in [0, 0.1) is 5.92 Å². The monoisotopic (exact) mass is 212 g/mol. The quantitative estimate of drug-likeness (QED) is 0.521. The summed E-state index contributed by atoms with van der Waals surface area (Å²) in [5, 5.41) is 4.84. The van der Waals surface area contributed by atoms with Gasteiger partial charge in [-0.05, 0) is 12.3 Å². The second-order valence-electron chi connectivity index (χ2n) is 4.31. The zero-order valence-electron chi connectivity index (χ0n) is 9.51. The molecule has 2 N–H and O–H groups in total. The predicted molar refractivity (Wildman–Crippen MR) is 58.4 cm³/mol. The van der Waals surface area contributed by atoms with Gasteiger partial charge in [0, 0.05) is 0 Å². The Morgan fingerprint density at radius 2 is 2.07 bits per heavy atom. The summed E-state index contributed by atoms with van der Waals surface area (Å²) in [7, 11) is 0. The molecule has 2 unspecified atom stereocenters. The maximum Gasteiger partial charge on any atom is 0.322 e. The molecule has 0 aromatic rings. The highest BCUT2D eigenvalue weighted by molar-refractivity contribution is 6.04. The van der Waals surface area contributed by atoms with Crippen LogP contribution in [0.5, 0.6) is 0 Å². The Morgan fingerprint density at radius 1 is 1.33 bits per heavy atom. The van der Waals surface area contributed by atoms with Gasteiger partial charge in [0.05, 0.1) is 0 Å². The van der Waals surface area contributed by atoms with E-state index in [9.17, 15) is 9.59 Å². The van der Waals surface area contributed by atoms with Gasteiger partial charge in [-0.1, -0.05) is 39.5 Å². The molecule has 0 bridgehead atoms. The predicted octanol–water partition coefficient (Wildman–Crippen LogP) is 1.80. The topological polar surface area (TPSA) is 58.2 Å². The van der Waals surface area contributed by atoms with E-state index in [1.54, 1.807) is 0 Å². The van der Waals surface area contributed by atoms with Crippen molar-refractivity contribution in [2.24, 2.45) is 5.92 Å². The van der Waals surface area contributed by atoms with E-state index in [0.29, 0.717) is 0 Å². The summed E-state index contributed by atoms with van der Waals surface area (Å²) in [4.78, 5) is 22.0. The molecular formula is C11H20N2O2. The number of carbonyl (C=O) groups is 2. The average molecular weight is 212 g/mol. The molecule has 4 nitrogen and oxygen atoms in total. The molecule has 0 saturated carbocycles. The number of unbranched alkanes of at least 4 members (excludes halogenated alkanes) is 1. The van der Waals surface area contributed by atoms with Gasteiger partial charge in [0.2, 0.25) is 0 Å². The zero-order valence-corrected chi connectivity index (χ0v) is 9.51. The normalized spacial score (nSPS) is 22.4. The Kier molecular flexibility index (Phi) is 4.59. The number of imide groups is 1. The third kappa shape index (κ3) is 3.90. The summed E-state index contributed by atoms with van der Waals surface area (Å²) in [6.07, 6.45) is 5.31. The van der Waals surface area contributed by atoms with Crippen LogP contribution in [0.15, 0.2) is 0 Å². The van der Waals surface area contributed by atoms with E-state index < -0.39 is 0 Å². The first-order chi connectivity index (χ1) is 7.13. The standard InChI is InChI=1S/C11H20N2O2/c1-3-8(2)6-4-5-7-9-10(14)13-11(15)12-9/h8-9H,3-7H2,1-2H3,(H2,12,13,14,15). The minimum absolute atomic E-state index is 0.177. The van der Waals surface area contributed by atoms with Crippen molar-refractivity contribution in [2.75, 3.05) is 0 Å². The van der Waals surface area contributed by atoms with Gasteiger partial charge in [0.1, 0.15) is 6.04 Å². The molecular weight excluding hydrogens is 192 g/mol. The lowest BCUT2D eigenvalue weighted by Crippen LogP contribution is -2.28. The van der Waals surface area contributed by atoms with Crippen LogP contribution in [0.2, 0.25) is 0 Å². The van der Waals surface area contributed by atoms with E-state index in [-0.39, 0.29) is 18.0 Å². The SMILES string of the molecule is CCC(C)CCCCC1NC(=O)NC1=O. The lowest BCUT2D eigenvalue weighted by atomic mass is 9.99. The Morgan fingerprint density at radius 3 is 2.60 bits per heavy atom. The first-order valence-corrected chi connectivity index (χ1v) is 5.74. The van der Waals surface area contributed by atoms with Crippen LogP contribution in [-0.4, -0.2) is 18.0 Å². The van der Waals surface area contributed by atoms with Gasteiger partial charge in [-0.2, -0.15) is 0 Å². The number of carbonyl (C=O) groups excluding carboxylic acids is 2. The molecule has 0 aromatic heterocycles. The van der Waals surface area contributed by atoms with E-state index in [1.165, 1.54) is 12.8 Å². The van der Waals surface area contributed by atoms with Crippen LogP contribution in [0.4, 0.5) is 4.79 Å². The summed E-state index contributed by atoms with van der Waals surface area (Å²) < 4.78 is 0. The lowest BCUT2D eigenvalue weighted by Gasteiger charge is -2.09. The minimum atomic E-state index is -0.355. The Hall–Kier alpha value is -1.06. The molecule has 1 aliphatic rings. The Balaban J connectivity index is 2.10. The number of urea groups is 1. The van der Waals surface area contributed by atoms with Crippen molar-refractivity contribution in [2.45, 2.75) is 52.0 Å². The van der Waals surface area contributed by atoms with Crippen LogP contribution < -0.4 is 10.6 Å². The smallest absolute Gasteiger partial charge is 0.322 e. The van der Waals surface area contributed by atoms with E-state index in [1.807, 2.05) is 0 Å². The number of hydrogen-bond donors (Lipinski definition) is 2. The molecule has 3 amide bonds. The number of hydrogen-bond acceptors (Lipinski definition) is 2. The second-order valence-corrected chi connectivity index (χ2v) is 4.31. The van der Waals surface area contributed by atoms with Crippen LogP contribution in [-0.2, 0) is 4.79 Å². The van der Waals surface area contributed by atoms with Gasteiger partial charge in [-0.3, -0.25) is 10.1 Å². The lowest BCUT2D eigenvalue weighted by molar-refractivity contribution is -0.120. The molecule has 1 aliphatic heterocycles. The van der Waals surface area contributed by atoms with Gasteiger partial charge < -0.3 is 5.32 Å². The molecule has 1 heterocycles. The Bertz CT molecular complexity index is 241. The van der Waals surface area contributed by atoms with Gasteiger partial charge in [0.25, 0.3) is 5.91 Å². The van der Waals surface area contributed by atoms with Gasteiger partial charge in [-0.15, -0.1) is 0 Å². The summed E-state index contributed by atoms with van der Waals surface area (Å²) in [5.74, 6) is 0.584. The van der Waals surface area contributed by atoms with Crippen molar-refractivity contribution in [1.82, 2.24) is 10.6 Å². The van der Waals surface area contributed by atoms with Crippen LogP contribution in [0.3, 0.4) is 0 Å². The fourth-order valence-corrected chi connectivity index (χ4v) is 1.71. The Labute approximate surface area is 90.8 Å². The van der Waals surface area contributed by atoms with E-state index in [4.69, 9.17) is 0 Å². The molecule has 0 spiro atoms. The van der Waals surface area contributed by atoms with E-state index in [0.717, 1.165) is 25.2 Å². The van der Waals surface area contributed by atoms with Gasteiger partial charge in [-0.25, -0.2) is 4.79 Å². The highest BCUT2D eigenvalue weighted by Gasteiger charge is 2.28. The maximum absolute atomic E-state index is 11.2. The summed E-state index contributed by atoms with van der Waals surface area (Å²) in [6.45, 7) is 4.43. The highest BCUT2D eigenvalue weighted by Crippen LogP contribution is 2.13. The van der Waals surface area contributed by atoms with Gasteiger partial charge in [0.15, 0.2) is 0 Å². The first-order valence-electron chi connectivity index (χ1n) is 5.74. The summed E-state index contributed by atoms with van der Waals surface area (Å²) >= 11 is 0. The van der Waals surface area contributed by atoms with Crippen molar-refractivity contribution in [3.63, 3.8) is 0 Å². The molecule has 4 heteroatoms. The number of nitrogens with one attached hydrogen (secondary N) is 2. The second kappa shape index (κ2) is 5.73. The van der Waals surface area contributed by atoms with Crippen molar-refractivity contribution in [1.29, 1.82) is 0 Å². The third-order valence-electron chi connectivity index (χ3n) is 3.00. The molecule has 0 aliphatic carbocycles. The van der Waals surface area contributed by atoms with Crippen molar-refractivity contribution < 1.29 is 9.59 Å². The van der Waals surface area contributed by atoms with Crippen molar-refractivity contribution in [3.8, 4) is 0 Å². The molecule has 0 radical (unpaired) electrons. The minimum Gasteiger partial charge on any atom is -0.326 e. The van der Waals surface area contributed by atoms with E-state index >= 15 is 0 Å². The van der Waals surface area contributed by atoms with E-state index in [2.05, 4.69) is 24.5 Å². The zero-order chi connectivity index (χ0) is 11.3. The maximum atomic E-state index is 11.2. The molecule has 2 atom stereocenters. The molecule has 1 saturated heterocycles. The van der Waals surface area contributed by atoms with Crippen molar-refractivity contribution >= 4 is 11.9 Å². The van der Waals surface area contributed by atoms with Crippen LogP contribution >= 0.6 is 0 Å². The summed E-state index contributed by atoms with van der Waals surface area (Å²) in [5.41, 5.74) is 0. The number of rotatable bonds is 6. The molecule has 1 rings (SSSR count). The fraction of sp³-hybridized carbons (Fsp3) is 0.818. The molecule has 1 fully saturated rings. The van der Waals surface area contributed by atoms with Crippen molar-refractivity contribution in [3.05, 3.63) is 0 Å². The number of amides is 3. The highest BCUT2D eigenvalue weighted by atomic mass is 16.2. The average Bonchev–Trinajstić information content (AvgIpc) is 2.52. The molecule has 15 heavy (non-hydrogen) atoms. The first kappa shape index (κ1) is 12.0. The van der Waals surface area contributed by atoms with Gasteiger partial charge >= 0.3 is 6.03 Å². The molecule has 0 aromatic carbocycles. The fourth-order valence-electron chi connectivity index (χ4n) is 1.71. The van der Waals surface area contributed by atoms with Crippen LogP contribution in [0.1, 0.15) is 46.0 Å². The largest absolute Gasteiger partial charge is 0.326 e. The van der Waals surface area contributed by atoms with Crippen LogP contribution in [0.25, 0.3) is 0 Å².